The Labute approximate surface area is 199 Å². The summed E-state index contributed by atoms with van der Waals surface area (Å²) in [5.41, 5.74) is -0.109. The van der Waals surface area contributed by atoms with E-state index in [0.717, 1.165) is 16.7 Å². The number of hydrogen-bond donors (Lipinski definition) is 3. The van der Waals surface area contributed by atoms with Gasteiger partial charge in [-0.05, 0) is 47.9 Å². The maximum Gasteiger partial charge on any atom is 0.333 e. The van der Waals surface area contributed by atoms with E-state index in [1.807, 2.05) is 4.72 Å². The molecule has 0 saturated heterocycles. The van der Waals surface area contributed by atoms with Gasteiger partial charge in [0.25, 0.3) is 15.6 Å². The summed E-state index contributed by atoms with van der Waals surface area (Å²) < 4.78 is 40.8. The number of carbonyl (C=O) groups is 1. The molecule has 4 aromatic rings. The number of hydrogen-bond acceptors (Lipinski definition) is 6. The molecule has 2 aromatic carbocycles. The van der Waals surface area contributed by atoms with Crippen LogP contribution in [0.5, 0.6) is 5.88 Å². The van der Waals surface area contributed by atoms with Gasteiger partial charge in [-0.15, -0.1) is 11.3 Å². The molecule has 0 unspecified atom stereocenters. The lowest BCUT2D eigenvalue weighted by Crippen LogP contribution is -2.33. The minimum absolute atomic E-state index is 0.0490. The smallest absolute Gasteiger partial charge is 0.333 e. The summed E-state index contributed by atoms with van der Waals surface area (Å²) in [5, 5.41) is 13.4. The first kappa shape index (κ1) is 23.1. The molecule has 0 bridgehead atoms. The lowest BCUT2D eigenvalue weighted by atomic mass is 10.1. The Kier molecular flexibility index (Phi) is 6.06. The van der Waals surface area contributed by atoms with Crippen molar-refractivity contribution in [2.24, 2.45) is 0 Å². The minimum Gasteiger partial charge on any atom is -0.494 e. The Hall–Kier alpha value is -3.12. The Morgan fingerprint density at radius 1 is 1.06 bits per heavy atom. The molecule has 0 saturated carbocycles. The lowest BCUT2D eigenvalue weighted by molar-refractivity contribution is 0.256. The second kappa shape index (κ2) is 8.67. The third kappa shape index (κ3) is 4.67. The van der Waals surface area contributed by atoms with Gasteiger partial charge in [-0.25, -0.2) is 26.9 Å². The highest BCUT2D eigenvalue weighted by Gasteiger charge is 2.22. The van der Waals surface area contributed by atoms with Gasteiger partial charge in [0.1, 0.15) is 14.4 Å². The standard InChI is InChI=1S/C20H12Cl2FN3O5S2/c21-15-9-17(32-18(15)22)33(30,31)25-20(29)24-12-3-5-13(6-4-12)26-16(27)7-10-1-2-11(23)8-14(10)19(26)28/h1-9,28H,(H2,24,25,29). The zero-order chi connectivity index (χ0) is 23.9. The van der Waals surface area contributed by atoms with Crippen molar-refractivity contribution in [1.82, 2.24) is 9.29 Å². The van der Waals surface area contributed by atoms with Crippen LogP contribution in [0.15, 0.2) is 63.6 Å². The van der Waals surface area contributed by atoms with Crippen LogP contribution in [0.2, 0.25) is 9.36 Å². The minimum atomic E-state index is -4.19. The molecule has 0 radical (unpaired) electrons. The topological polar surface area (TPSA) is 118 Å². The van der Waals surface area contributed by atoms with E-state index >= 15 is 0 Å². The molecule has 2 aromatic heterocycles. The van der Waals surface area contributed by atoms with Crippen molar-refractivity contribution < 1.29 is 22.7 Å². The molecule has 0 fully saturated rings. The monoisotopic (exact) mass is 527 g/mol. The molecule has 8 nitrogen and oxygen atoms in total. The molecule has 3 N–H and O–H groups in total. The highest BCUT2D eigenvalue weighted by molar-refractivity contribution is 7.92. The summed E-state index contributed by atoms with van der Waals surface area (Å²) in [4.78, 5) is 24.6. The van der Waals surface area contributed by atoms with E-state index < -0.39 is 33.3 Å². The Morgan fingerprint density at radius 2 is 1.76 bits per heavy atom. The molecule has 0 atom stereocenters. The van der Waals surface area contributed by atoms with E-state index in [0.29, 0.717) is 16.7 Å². The highest BCUT2D eigenvalue weighted by atomic mass is 35.5. The molecule has 0 spiro atoms. The first-order valence-corrected chi connectivity index (χ1v) is 12.0. The number of thiophene rings is 1. The van der Waals surface area contributed by atoms with Crippen molar-refractivity contribution in [2.45, 2.75) is 4.21 Å². The van der Waals surface area contributed by atoms with Crippen LogP contribution in [0.25, 0.3) is 16.5 Å². The molecule has 0 aliphatic heterocycles. The van der Waals surface area contributed by atoms with Gasteiger partial charge in [0.05, 0.1) is 10.7 Å². The Morgan fingerprint density at radius 3 is 2.39 bits per heavy atom. The van der Waals surface area contributed by atoms with Gasteiger partial charge >= 0.3 is 6.03 Å². The van der Waals surface area contributed by atoms with Crippen LogP contribution in [0.4, 0.5) is 14.9 Å². The van der Waals surface area contributed by atoms with Crippen LogP contribution >= 0.6 is 34.5 Å². The molecular formula is C20H12Cl2FN3O5S2. The van der Waals surface area contributed by atoms with E-state index in [1.165, 1.54) is 42.5 Å². The summed E-state index contributed by atoms with van der Waals surface area (Å²) in [6, 6.07) is 10.6. The quantitative estimate of drug-likeness (QED) is 0.355. The fraction of sp³-hybridized carbons (Fsp3) is 0. The Bertz CT molecular complexity index is 1550. The van der Waals surface area contributed by atoms with Gasteiger partial charge in [0, 0.05) is 17.1 Å². The van der Waals surface area contributed by atoms with Crippen LogP contribution in [-0.4, -0.2) is 24.1 Å². The first-order valence-electron chi connectivity index (χ1n) is 8.98. The number of aromatic nitrogens is 1. The Balaban J connectivity index is 1.55. The third-order valence-corrected chi connectivity index (χ3v) is 8.14. The van der Waals surface area contributed by atoms with Crippen molar-refractivity contribution in [3.05, 3.63) is 80.1 Å². The van der Waals surface area contributed by atoms with Gasteiger partial charge in [0.15, 0.2) is 0 Å². The van der Waals surface area contributed by atoms with Crippen LogP contribution in [0, 0.1) is 5.82 Å². The predicted octanol–water partition coefficient (Wildman–Crippen LogP) is 4.71. The fourth-order valence-electron chi connectivity index (χ4n) is 3.00. The normalized spacial score (nSPS) is 11.5. The maximum atomic E-state index is 13.6. The number of aromatic hydroxyl groups is 1. The van der Waals surface area contributed by atoms with E-state index in [4.69, 9.17) is 23.2 Å². The number of rotatable bonds is 4. The van der Waals surface area contributed by atoms with Crippen molar-refractivity contribution in [3.63, 3.8) is 0 Å². The predicted molar refractivity (Wildman–Crippen MR) is 125 cm³/mol. The summed E-state index contributed by atoms with van der Waals surface area (Å²) >= 11 is 12.2. The molecule has 2 amide bonds. The summed E-state index contributed by atoms with van der Waals surface area (Å²) in [6.07, 6.45) is 0. The SMILES string of the molecule is O=C(Nc1ccc(-n2c(O)c3cc(F)ccc3cc2=O)cc1)NS(=O)(=O)c1cc(Cl)c(Cl)s1. The zero-order valence-electron chi connectivity index (χ0n) is 16.2. The van der Waals surface area contributed by atoms with Crippen LogP contribution < -0.4 is 15.6 Å². The molecule has 2 heterocycles. The fourth-order valence-corrected chi connectivity index (χ4v) is 5.79. The summed E-state index contributed by atoms with van der Waals surface area (Å²) in [6.45, 7) is 0. The third-order valence-electron chi connectivity index (χ3n) is 4.47. The van der Waals surface area contributed by atoms with Crippen molar-refractivity contribution >= 4 is 67.1 Å². The number of benzene rings is 2. The number of sulfonamides is 1. The van der Waals surface area contributed by atoms with Crippen molar-refractivity contribution in [2.75, 3.05) is 5.32 Å². The number of amides is 2. The van der Waals surface area contributed by atoms with Crippen molar-refractivity contribution in [1.29, 1.82) is 0 Å². The van der Waals surface area contributed by atoms with Gasteiger partial charge in [0.2, 0.25) is 5.88 Å². The summed E-state index contributed by atoms with van der Waals surface area (Å²) in [7, 11) is -4.19. The molecule has 33 heavy (non-hydrogen) atoms. The molecule has 0 aliphatic carbocycles. The number of anilines is 1. The second-order valence-electron chi connectivity index (χ2n) is 6.67. The van der Waals surface area contributed by atoms with Crippen LogP contribution in [0.3, 0.4) is 0 Å². The lowest BCUT2D eigenvalue weighted by Gasteiger charge is -2.12. The van der Waals surface area contributed by atoms with E-state index in [2.05, 4.69) is 5.32 Å². The summed E-state index contributed by atoms with van der Waals surface area (Å²) in [5.74, 6) is -1.02. The van der Waals surface area contributed by atoms with Crippen molar-refractivity contribution in [3.8, 4) is 11.6 Å². The zero-order valence-corrected chi connectivity index (χ0v) is 19.3. The van der Waals surface area contributed by atoms with E-state index in [9.17, 15) is 27.5 Å². The van der Waals surface area contributed by atoms with E-state index in [-0.39, 0.29) is 30.3 Å². The van der Waals surface area contributed by atoms with Crippen LogP contribution in [-0.2, 0) is 10.0 Å². The van der Waals surface area contributed by atoms with Gasteiger partial charge in [-0.3, -0.25) is 4.79 Å². The average molecular weight is 528 g/mol. The molecule has 13 heteroatoms. The van der Waals surface area contributed by atoms with Gasteiger partial charge in [-0.2, -0.15) is 0 Å². The molecule has 170 valence electrons. The number of halogens is 3. The number of nitrogens with one attached hydrogen (secondary N) is 2. The number of fused-ring (bicyclic) bond motifs is 1. The molecule has 0 aliphatic rings. The van der Waals surface area contributed by atoms with Gasteiger partial charge < -0.3 is 10.4 Å². The molecular weight excluding hydrogens is 516 g/mol. The number of nitrogens with zero attached hydrogens (tertiary/aromatic N) is 1. The highest BCUT2D eigenvalue weighted by Crippen LogP contribution is 2.34. The van der Waals surface area contributed by atoms with Gasteiger partial charge in [-0.1, -0.05) is 29.3 Å². The largest absolute Gasteiger partial charge is 0.494 e. The number of urea groups is 1. The second-order valence-corrected chi connectivity index (χ2v) is 10.6. The number of carbonyl (C=O) groups excluding carboxylic acids is 1. The van der Waals surface area contributed by atoms with E-state index in [1.54, 1.807) is 0 Å². The molecule has 4 rings (SSSR count). The van der Waals surface area contributed by atoms with Crippen LogP contribution in [0.1, 0.15) is 0 Å². The first-order chi connectivity index (χ1) is 15.5. The average Bonchev–Trinajstić information content (AvgIpc) is 3.09. The maximum absolute atomic E-state index is 13.6. The number of pyridine rings is 1.